The highest BCUT2D eigenvalue weighted by Gasteiger charge is 2.29. The molecule has 1 aromatic heterocycles. The third-order valence-corrected chi connectivity index (χ3v) is 5.91. The second-order valence-corrected chi connectivity index (χ2v) is 8.13. The molecular formula is C22H29FN6O. The molecule has 0 radical (unpaired) electrons. The molecule has 0 spiro atoms. The fourth-order valence-electron chi connectivity index (χ4n) is 4.34. The largest absolute Gasteiger partial charge is 0.341 e. The van der Waals surface area contributed by atoms with Gasteiger partial charge in [-0.25, -0.2) is 19.2 Å². The Balaban J connectivity index is 1.25. The molecule has 2 saturated heterocycles. The average molecular weight is 413 g/mol. The van der Waals surface area contributed by atoms with Crippen LogP contribution in [0.15, 0.2) is 30.3 Å². The summed E-state index contributed by atoms with van der Waals surface area (Å²) in [5, 5.41) is 2.79. The molecule has 2 aliphatic heterocycles. The molecule has 30 heavy (non-hydrogen) atoms. The van der Waals surface area contributed by atoms with E-state index in [0.717, 1.165) is 56.4 Å². The summed E-state index contributed by atoms with van der Waals surface area (Å²) < 4.78 is 13.3. The summed E-state index contributed by atoms with van der Waals surface area (Å²) in [5.74, 6) is 0.486. The maximum atomic E-state index is 13.3. The van der Waals surface area contributed by atoms with E-state index in [-0.39, 0.29) is 11.8 Å². The second kappa shape index (κ2) is 8.95. The number of urea groups is 1. The molecule has 7 nitrogen and oxygen atoms in total. The monoisotopic (exact) mass is 412 g/mol. The number of amides is 2. The molecule has 0 saturated carbocycles. The Bertz CT molecular complexity index is 871. The summed E-state index contributed by atoms with van der Waals surface area (Å²) in [6, 6.07) is 8.36. The van der Waals surface area contributed by atoms with Crippen molar-refractivity contribution < 1.29 is 9.18 Å². The molecule has 3 heterocycles. The van der Waals surface area contributed by atoms with Crippen molar-refractivity contribution in [2.45, 2.75) is 32.7 Å². The first kappa shape index (κ1) is 20.5. The van der Waals surface area contributed by atoms with E-state index in [1.165, 1.54) is 12.1 Å². The number of carbonyl (C=O) groups excluding carboxylic acids is 1. The predicted molar refractivity (Wildman–Crippen MR) is 115 cm³/mol. The van der Waals surface area contributed by atoms with E-state index in [0.29, 0.717) is 24.8 Å². The SMILES string of the molecule is Cc1cc(C)nc(N2CCC(N3CCN(C(=O)Nc4cccc(F)c4)CC3)CC2)n1. The van der Waals surface area contributed by atoms with Gasteiger partial charge in [-0.1, -0.05) is 6.07 Å². The fourth-order valence-corrected chi connectivity index (χ4v) is 4.34. The number of hydrogen-bond acceptors (Lipinski definition) is 5. The first-order valence-corrected chi connectivity index (χ1v) is 10.6. The van der Waals surface area contributed by atoms with Gasteiger partial charge < -0.3 is 15.1 Å². The molecule has 2 aromatic rings. The molecule has 8 heteroatoms. The van der Waals surface area contributed by atoms with Crippen molar-refractivity contribution in [1.82, 2.24) is 19.8 Å². The first-order chi connectivity index (χ1) is 14.5. The first-order valence-electron chi connectivity index (χ1n) is 10.6. The minimum absolute atomic E-state index is 0.165. The van der Waals surface area contributed by atoms with E-state index in [4.69, 9.17) is 0 Å². The summed E-state index contributed by atoms with van der Waals surface area (Å²) in [6.45, 7) is 9.01. The standard InChI is InChI=1S/C22H29FN6O/c1-16-14-17(2)25-21(24-16)28-8-6-20(7-9-28)27-10-12-29(13-11-27)22(30)26-19-5-3-4-18(23)15-19/h3-5,14-15,20H,6-13H2,1-2H3,(H,26,30). The van der Waals surface area contributed by atoms with Crippen LogP contribution in [0.5, 0.6) is 0 Å². The van der Waals surface area contributed by atoms with Crippen LogP contribution >= 0.6 is 0 Å². The molecule has 0 unspecified atom stereocenters. The molecule has 2 fully saturated rings. The van der Waals surface area contributed by atoms with Crippen LogP contribution in [-0.2, 0) is 0 Å². The van der Waals surface area contributed by atoms with Crippen LogP contribution in [0.3, 0.4) is 0 Å². The zero-order valence-corrected chi connectivity index (χ0v) is 17.6. The Morgan fingerprint density at radius 2 is 1.67 bits per heavy atom. The predicted octanol–water partition coefficient (Wildman–Crippen LogP) is 3.05. The maximum absolute atomic E-state index is 13.3. The van der Waals surface area contributed by atoms with Crippen LogP contribution < -0.4 is 10.2 Å². The minimum Gasteiger partial charge on any atom is -0.341 e. The van der Waals surface area contributed by atoms with Gasteiger partial charge in [0.05, 0.1) is 0 Å². The number of halogens is 1. The number of piperidine rings is 1. The number of nitrogens with zero attached hydrogens (tertiary/aromatic N) is 5. The molecule has 1 N–H and O–H groups in total. The molecule has 2 aliphatic rings. The van der Waals surface area contributed by atoms with Crippen LogP contribution in [0.1, 0.15) is 24.2 Å². The van der Waals surface area contributed by atoms with Gasteiger partial charge in [0.25, 0.3) is 0 Å². The second-order valence-electron chi connectivity index (χ2n) is 8.13. The molecular weight excluding hydrogens is 383 g/mol. The van der Waals surface area contributed by atoms with Crippen molar-refractivity contribution in [2.75, 3.05) is 49.5 Å². The van der Waals surface area contributed by atoms with E-state index in [1.807, 2.05) is 19.9 Å². The van der Waals surface area contributed by atoms with Gasteiger partial charge in [-0.05, 0) is 51.0 Å². The summed E-state index contributed by atoms with van der Waals surface area (Å²) in [6.07, 6.45) is 2.15. The molecule has 4 rings (SSSR count). The normalized spacial score (nSPS) is 18.5. The highest BCUT2D eigenvalue weighted by Crippen LogP contribution is 2.22. The third kappa shape index (κ3) is 4.87. The topological polar surface area (TPSA) is 64.6 Å². The number of benzene rings is 1. The fraction of sp³-hybridized carbons (Fsp3) is 0.500. The lowest BCUT2D eigenvalue weighted by atomic mass is 10.0. The molecule has 1 aromatic carbocycles. The third-order valence-electron chi connectivity index (χ3n) is 5.91. The maximum Gasteiger partial charge on any atom is 0.321 e. The summed E-state index contributed by atoms with van der Waals surface area (Å²) in [5.41, 5.74) is 2.50. The van der Waals surface area contributed by atoms with E-state index in [2.05, 4.69) is 25.1 Å². The van der Waals surface area contributed by atoms with Crippen LogP contribution in [0.2, 0.25) is 0 Å². The Labute approximate surface area is 176 Å². The highest BCUT2D eigenvalue weighted by atomic mass is 19.1. The molecule has 160 valence electrons. The number of aryl methyl sites for hydroxylation is 2. The number of anilines is 2. The van der Waals surface area contributed by atoms with Gasteiger partial charge in [-0.3, -0.25) is 4.90 Å². The Morgan fingerprint density at radius 3 is 2.30 bits per heavy atom. The smallest absolute Gasteiger partial charge is 0.321 e. The van der Waals surface area contributed by atoms with Crippen molar-refractivity contribution in [2.24, 2.45) is 0 Å². The van der Waals surface area contributed by atoms with Crippen LogP contribution in [-0.4, -0.2) is 71.1 Å². The zero-order chi connectivity index (χ0) is 21.1. The number of aromatic nitrogens is 2. The lowest BCUT2D eigenvalue weighted by Crippen LogP contribution is -2.55. The number of rotatable bonds is 3. The van der Waals surface area contributed by atoms with Gasteiger partial charge in [0.15, 0.2) is 0 Å². The van der Waals surface area contributed by atoms with Crippen molar-refractivity contribution in [1.29, 1.82) is 0 Å². The minimum atomic E-state index is -0.352. The molecule has 0 aliphatic carbocycles. The van der Waals surface area contributed by atoms with Crippen molar-refractivity contribution in [3.63, 3.8) is 0 Å². The van der Waals surface area contributed by atoms with Gasteiger partial charge in [0, 0.05) is 62.4 Å². The number of piperazine rings is 1. The van der Waals surface area contributed by atoms with Crippen LogP contribution in [0.25, 0.3) is 0 Å². The summed E-state index contributed by atoms with van der Waals surface area (Å²) >= 11 is 0. The molecule has 2 amide bonds. The molecule has 0 bridgehead atoms. The van der Waals surface area contributed by atoms with E-state index < -0.39 is 0 Å². The van der Waals surface area contributed by atoms with E-state index in [9.17, 15) is 9.18 Å². The van der Waals surface area contributed by atoms with Gasteiger partial charge in [-0.15, -0.1) is 0 Å². The quantitative estimate of drug-likeness (QED) is 0.840. The van der Waals surface area contributed by atoms with Gasteiger partial charge in [0.1, 0.15) is 5.82 Å². The highest BCUT2D eigenvalue weighted by molar-refractivity contribution is 5.89. The van der Waals surface area contributed by atoms with Crippen molar-refractivity contribution >= 4 is 17.7 Å². The Hall–Kier alpha value is -2.74. The van der Waals surface area contributed by atoms with E-state index >= 15 is 0 Å². The number of nitrogens with one attached hydrogen (secondary N) is 1. The van der Waals surface area contributed by atoms with Gasteiger partial charge >= 0.3 is 6.03 Å². The van der Waals surface area contributed by atoms with E-state index in [1.54, 1.807) is 17.0 Å². The van der Waals surface area contributed by atoms with Gasteiger partial charge in [-0.2, -0.15) is 0 Å². The number of carbonyl (C=O) groups is 1. The van der Waals surface area contributed by atoms with Crippen molar-refractivity contribution in [3.8, 4) is 0 Å². The summed E-state index contributed by atoms with van der Waals surface area (Å²) in [4.78, 5) is 28.2. The van der Waals surface area contributed by atoms with Gasteiger partial charge in [0.2, 0.25) is 5.95 Å². The lowest BCUT2D eigenvalue weighted by Gasteiger charge is -2.42. The van der Waals surface area contributed by atoms with Crippen LogP contribution in [0, 0.1) is 19.7 Å². The molecule has 0 atom stereocenters. The summed E-state index contributed by atoms with van der Waals surface area (Å²) in [7, 11) is 0. The van der Waals surface area contributed by atoms with Crippen LogP contribution in [0.4, 0.5) is 20.8 Å². The average Bonchev–Trinajstić information content (AvgIpc) is 2.73. The zero-order valence-electron chi connectivity index (χ0n) is 17.6. The number of hydrogen-bond donors (Lipinski definition) is 1. The Kier molecular flexibility index (Phi) is 6.13. The Morgan fingerprint density at radius 1 is 1.00 bits per heavy atom. The lowest BCUT2D eigenvalue weighted by molar-refractivity contribution is 0.101. The van der Waals surface area contributed by atoms with Crippen molar-refractivity contribution in [3.05, 3.63) is 47.5 Å².